The molecule has 0 aliphatic carbocycles. The fourth-order valence-electron chi connectivity index (χ4n) is 3.61. The smallest absolute Gasteiger partial charge is 0.255 e. The highest BCUT2D eigenvalue weighted by molar-refractivity contribution is 5.94. The lowest BCUT2D eigenvalue weighted by Crippen LogP contribution is -2.30. The van der Waals surface area contributed by atoms with E-state index in [1.807, 2.05) is 87.1 Å². The van der Waals surface area contributed by atoms with E-state index < -0.39 is 0 Å². The van der Waals surface area contributed by atoms with Gasteiger partial charge < -0.3 is 9.30 Å². The SMILES string of the molecule is Cc1n[nH]c(C)c1C(C)N(C)C(=O)c1ccc2nc(-c3ccccc3)cn2c1. The third-order valence-electron chi connectivity index (χ3n) is 5.27. The molecule has 0 spiro atoms. The van der Waals surface area contributed by atoms with Crippen LogP contribution in [0.5, 0.6) is 0 Å². The molecule has 1 unspecified atom stereocenters. The number of carbonyl (C=O) groups excluding carboxylic acids is 1. The normalized spacial score (nSPS) is 12.3. The zero-order valence-corrected chi connectivity index (χ0v) is 16.5. The van der Waals surface area contributed by atoms with E-state index >= 15 is 0 Å². The number of benzene rings is 1. The fraction of sp³-hybridized carbons (Fsp3) is 0.227. The van der Waals surface area contributed by atoms with Gasteiger partial charge in [-0.1, -0.05) is 30.3 Å². The number of aromatic amines is 1. The number of hydrogen-bond donors (Lipinski definition) is 1. The summed E-state index contributed by atoms with van der Waals surface area (Å²) in [6, 6.07) is 13.7. The van der Waals surface area contributed by atoms with Gasteiger partial charge in [0, 0.05) is 36.3 Å². The van der Waals surface area contributed by atoms with E-state index in [1.165, 1.54) is 0 Å². The number of hydrogen-bond acceptors (Lipinski definition) is 3. The Morgan fingerprint density at radius 1 is 1.11 bits per heavy atom. The quantitative estimate of drug-likeness (QED) is 0.584. The number of rotatable bonds is 4. The van der Waals surface area contributed by atoms with E-state index in [9.17, 15) is 4.79 Å². The van der Waals surface area contributed by atoms with Crippen LogP contribution >= 0.6 is 0 Å². The number of fused-ring (bicyclic) bond motifs is 1. The van der Waals surface area contributed by atoms with Gasteiger partial charge in [0.15, 0.2) is 0 Å². The second-order valence-corrected chi connectivity index (χ2v) is 7.12. The third-order valence-corrected chi connectivity index (χ3v) is 5.27. The zero-order valence-electron chi connectivity index (χ0n) is 16.5. The Hall–Kier alpha value is -3.41. The van der Waals surface area contributed by atoms with Gasteiger partial charge in [0.05, 0.1) is 23.0 Å². The van der Waals surface area contributed by atoms with Crippen LogP contribution in [0.4, 0.5) is 0 Å². The highest BCUT2D eigenvalue weighted by atomic mass is 16.2. The van der Waals surface area contributed by atoms with Crippen molar-refractivity contribution in [2.45, 2.75) is 26.8 Å². The molecular formula is C22H23N5O. The molecule has 1 amide bonds. The summed E-state index contributed by atoms with van der Waals surface area (Å²) in [7, 11) is 1.83. The molecule has 0 aliphatic heterocycles. The molecule has 0 aliphatic rings. The molecule has 0 bridgehead atoms. The summed E-state index contributed by atoms with van der Waals surface area (Å²) >= 11 is 0. The first-order valence-corrected chi connectivity index (χ1v) is 9.28. The van der Waals surface area contributed by atoms with E-state index in [4.69, 9.17) is 0 Å². The molecular weight excluding hydrogens is 350 g/mol. The van der Waals surface area contributed by atoms with Gasteiger partial charge in [0.25, 0.3) is 5.91 Å². The molecule has 28 heavy (non-hydrogen) atoms. The summed E-state index contributed by atoms with van der Waals surface area (Å²) in [5.74, 6) is -0.0376. The van der Waals surface area contributed by atoms with Crippen LogP contribution in [-0.2, 0) is 0 Å². The molecule has 0 saturated carbocycles. The molecule has 1 aromatic carbocycles. The molecule has 0 saturated heterocycles. The van der Waals surface area contributed by atoms with Crippen molar-refractivity contribution in [1.29, 1.82) is 0 Å². The van der Waals surface area contributed by atoms with E-state index in [0.717, 1.165) is 33.9 Å². The minimum atomic E-state index is -0.0791. The highest BCUT2D eigenvalue weighted by Gasteiger charge is 2.23. The van der Waals surface area contributed by atoms with Crippen LogP contribution in [0.1, 0.15) is 40.3 Å². The Kier molecular flexibility index (Phi) is 4.47. The molecule has 4 rings (SSSR count). The molecule has 1 atom stereocenters. The summed E-state index contributed by atoms with van der Waals surface area (Å²) in [6.45, 7) is 5.95. The minimum absolute atomic E-state index is 0.0376. The van der Waals surface area contributed by atoms with Crippen LogP contribution in [-0.4, -0.2) is 37.4 Å². The lowest BCUT2D eigenvalue weighted by molar-refractivity contribution is 0.0741. The van der Waals surface area contributed by atoms with Gasteiger partial charge in [-0.05, 0) is 32.9 Å². The van der Waals surface area contributed by atoms with Crippen LogP contribution in [0.15, 0.2) is 54.9 Å². The second kappa shape index (κ2) is 6.96. The highest BCUT2D eigenvalue weighted by Crippen LogP contribution is 2.26. The minimum Gasteiger partial charge on any atom is -0.335 e. The number of aryl methyl sites for hydroxylation is 2. The van der Waals surface area contributed by atoms with E-state index in [-0.39, 0.29) is 11.9 Å². The Bertz CT molecular complexity index is 1120. The standard InChI is InChI=1S/C22H23N5O/c1-14-21(15(2)25-24-14)16(3)26(4)22(28)18-10-11-20-23-19(13-27(20)12-18)17-8-6-5-7-9-17/h5-13,16H,1-4H3,(H,24,25). The van der Waals surface area contributed by atoms with Crippen LogP contribution in [0.2, 0.25) is 0 Å². The summed E-state index contributed by atoms with van der Waals surface area (Å²) < 4.78 is 1.91. The Morgan fingerprint density at radius 2 is 1.86 bits per heavy atom. The maximum absolute atomic E-state index is 13.1. The number of pyridine rings is 1. The largest absolute Gasteiger partial charge is 0.335 e. The van der Waals surface area contributed by atoms with E-state index in [2.05, 4.69) is 15.2 Å². The molecule has 0 fully saturated rings. The Morgan fingerprint density at radius 3 is 2.54 bits per heavy atom. The first-order valence-electron chi connectivity index (χ1n) is 9.28. The Labute approximate surface area is 163 Å². The predicted octanol–water partition coefficient (Wildman–Crippen LogP) is 4.17. The number of aromatic nitrogens is 4. The van der Waals surface area contributed by atoms with Gasteiger partial charge in [-0.2, -0.15) is 5.10 Å². The lowest BCUT2D eigenvalue weighted by atomic mass is 10.0. The summed E-state index contributed by atoms with van der Waals surface area (Å²) in [6.07, 6.45) is 3.80. The van der Waals surface area contributed by atoms with Crippen molar-refractivity contribution in [1.82, 2.24) is 24.5 Å². The average Bonchev–Trinajstić information content (AvgIpc) is 3.29. The molecule has 4 aromatic rings. The van der Waals surface area contributed by atoms with Gasteiger partial charge >= 0.3 is 0 Å². The first-order chi connectivity index (χ1) is 13.5. The maximum Gasteiger partial charge on any atom is 0.255 e. The van der Waals surface area contributed by atoms with Crippen molar-refractivity contribution in [2.24, 2.45) is 0 Å². The van der Waals surface area contributed by atoms with Crippen molar-refractivity contribution in [3.63, 3.8) is 0 Å². The summed E-state index contributed by atoms with van der Waals surface area (Å²) in [4.78, 5) is 19.5. The number of nitrogens with zero attached hydrogens (tertiary/aromatic N) is 4. The number of imidazole rings is 1. The molecule has 3 heterocycles. The van der Waals surface area contributed by atoms with Crippen molar-refractivity contribution >= 4 is 11.6 Å². The van der Waals surface area contributed by atoms with Crippen LogP contribution in [0.25, 0.3) is 16.9 Å². The maximum atomic E-state index is 13.1. The molecule has 6 heteroatoms. The van der Waals surface area contributed by atoms with Crippen LogP contribution < -0.4 is 0 Å². The summed E-state index contributed by atoms with van der Waals surface area (Å²) in [5.41, 5.74) is 6.34. The lowest BCUT2D eigenvalue weighted by Gasteiger charge is -2.25. The predicted molar refractivity (Wildman–Crippen MR) is 109 cm³/mol. The number of carbonyl (C=O) groups is 1. The number of amides is 1. The molecule has 6 nitrogen and oxygen atoms in total. The topological polar surface area (TPSA) is 66.3 Å². The van der Waals surface area contributed by atoms with Gasteiger partial charge in [-0.15, -0.1) is 0 Å². The average molecular weight is 373 g/mol. The molecule has 0 radical (unpaired) electrons. The van der Waals surface area contributed by atoms with Gasteiger partial charge in [-0.25, -0.2) is 4.98 Å². The van der Waals surface area contributed by atoms with E-state index in [0.29, 0.717) is 5.56 Å². The van der Waals surface area contributed by atoms with Crippen molar-refractivity contribution in [2.75, 3.05) is 7.05 Å². The third kappa shape index (κ3) is 3.07. The first kappa shape index (κ1) is 18.0. The fourth-order valence-corrected chi connectivity index (χ4v) is 3.61. The zero-order chi connectivity index (χ0) is 19.8. The molecule has 3 aromatic heterocycles. The second-order valence-electron chi connectivity index (χ2n) is 7.12. The summed E-state index contributed by atoms with van der Waals surface area (Å²) in [5, 5.41) is 7.24. The van der Waals surface area contributed by atoms with Crippen LogP contribution in [0, 0.1) is 13.8 Å². The Balaban J connectivity index is 1.64. The van der Waals surface area contributed by atoms with Crippen molar-refractivity contribution in [3.8, 4) is 11.3 Å². The van der Waals surface area contributed by atoms with Gasteiger partial charge in [0.1, 0.15) is 5.65 Å². The number of nitrogens with one attached hydrogen (secondary N) is 1. The van der Waals surface area contributed by atoms with Crippen molar-refractivity contribution < 1.29 is 4.79 Å². The molecule has 1 N–H and O–H groups in total. The van der Waals surface area contributed by atoms with Gasteiger partial charge in [-0.3, -0.25) is 9.89 Å². The van der Waals surface area contributed by atoms with Gasteiger partial charge in [0.2, 0.25) is 0 Å². The van der Waals surface area contributed by atoms with E-state index in [1.54, 1.807) is 4.90 Å². The molecule has 142 valence electrons. The monoisotopic (exact) mass is 373 g/mol. The number of H-pyrrole nitrogens is 1. The van der Waals surface area contributed by atoms with Crippen LogP contribution in [0.3, 0.4) is 0 Å². The van der Waals surface area contributed by atoms with Crippen molar-refractivity contribution in [3.05, 3.63) is 77.4 Å².